The van der Waals surface area contributed by atoms with Gasteiger partial charge < -0.3 is 54.1 Å². The molecule has 1 aromatic carbocycles. The molecule has 2 saturated heterocycles. The topological polar surface area (TPSA) is 234 Å². The zero-order chi connectivity index (χ0) is 45.3. The molecule has 0 saturated carbocycles. The lowest BCUT2D eigenvalue weighted by Gasteiger charge is -2.46. The number of carbonyl (C=O) groups is 4. The number of cyclic esters (lactones) is 1. The Morgan fingerprint density at radius 1 is 1.05 bits per heavy atom. The van der Waals surface area contributed by atoms with Gasteiger partial charge in [-0.2, -0.15) is 0 Å². The third-order valence-electron chi connectivity index (χ3n) is 12.2. The van der Waals surface area contributed by atoms with E-state index in [-0.39, 0.29) is 44.6 Å². The Labute approximate surface area is 354 Å². The van der Waals surface area contributed by atoms with Crippen LogP contribution >= 0.6 is 0 Å². The smallest absolute Gasteiger partial charge is 0.410 e. The summed E-state index contributed by atoms with van der Waals surface area (Å²) in [6, 6.07) is 6.55. The van der Waals surface area contributed by atoms with Crippen molar-refractivity contribution >= 4 is 24.0 Å². The van der Waals surface area contributed by atoms with Crippen molar-refractivity contribution in [3.05, 3.63) is 35.9 Å². The number of hydrogen-bond donors (Lipinski definition) is 6. The molecule has 2 heterocycles. The molecule has 1 amide bonds. The van der Waals surface area contributed by atoms with Crippen LogP contribution in [0.5, 0.6) is 0 Å². The summed E-state index contributed by atoms with van der Waals surface area (Å²) in [6.45, 7) is 12.8. The predicted octanol–water partition coefficient (Wildman–Crippen LogP) is 2.69. The highest BCUT2D eigenvalue weighted by atomic mass is 16.6. The Balaban J connectivity index is 2.25. The lowest BCUT2D eigenvalue weighted by molar-refractivity contribution is -0.236. The van der Waals surface area contributed by atoms with Gasteiger partial charge in [-0.15, -0.1) is 0 Å². The van der Waals surface area contributed by atoms with E-state index < -0.39 is 102 Å². The molecule has 0 bridgehead atoms. The van der Waals surface area contributed by atoms with E-state index in [4.69, 9.17) is 23.7 Å². The average Bonchev–Trinajstić information content (AvgIpc) is 3.18. The van der Waals surface area contributed by atoms with E-state index >= 15 is 0 Å². The van der Waals surface area contributed by atoms with Gasteiger partial charge >= 0.3 is 24.0 Å². The first-order chi connectivity index (χ1) is 27.9. The number of aliphatic hydroxyl groups is 4. The minimum atomic E-state index is -2.69. The molecule has 0 radical (unpaired) electrons. The molecular weight excluding hydrogens is 782 g/mol. The highest BCUT2D eigenvalue weighted by molar-refractivity contribution is 5.86. The second-order valence-electron chi connectivity index (χ2n) is 17.8. The maximum absolute atomic E-state index is 14.8. The number of rotatable bonds is 12. The fourth-order valence-corrected chi connectivity index (χ4v) is 8.32. The maximum atomic E-state index is 14.8. The molecular formula is C43H71N3O14. The van der Waals surface area contributed by atoms with E-state index in [0.29, 0.717) is 18.4 Å². The van der Waals surface area contributed by atoms with Gasteiger partial charge in [0.25, 0.3) is 0 Å². The molecule has 342 valence electrons. The van der Waals surface area contributed by atoms with E-state index in [0.717, 1.165) is 0 Å². The first-order valence-electron chi connectivity index (χ1n) is 21.0. The van der Waals surface area contributed by atoms with Gasteiger partial charge in [-0.3, -0.25) is 19.8 Å². The lowest BCUT2D eigenvalue weighted by Crippen LogP contribution is -2.66. The van der Waals surface area contributed by atoms with Crippen LogP contribution in [0.4, 0.5) is 4.79 Å². The zero-order valence-electron chi connectivity index (χ0n) is 37.2. The fourth-order valence-electron chi connectivity index (χ4n) is 8.32. The minimum absolute atomic E-state index is 0.0111. The number of alkyl carbamates (subject to hydrolysis) is 1. The SMILES string of the molecule is CC[C@H]1OC(=O)[C@H](C)[C@@H](O)[C@H](C)[C@@H](O[C@@](C[C@@H](C(=O)O)N(C)C)(NC(=O)OCc2ccccc2)C(=O)OC2CCC(C)OC2)[C@](C)(O)C[C@@H](C)CN(C)[C@H](C)[C@@H](O)[C@]1(C)O. The summed E-state index contributed by atoms with van der Waals surface area (Å²) in [5, 5.41) is 60.6. The highest BCUT2D eigenvalue weighted by Crippen LogP contribution is 2.38. The van der Waals surface area contributed by atoms with Gasteiger partial charge in [0.15, 0.2) is 0 Å². The van der Waals surface area contributed by atoms with Crippen molar-refractivity contribution in [2.24, 2.45) is 17.8 Å². The summed E-state index contributed by atoms with van der Waals surface area (Å²) in [5.41, 5.74) is -5.96. The summed E-state index contributed by atoms with van der Waals surface area (Å²) in [7, 11) is 4.67. The number of esters is 2. The number of ether oxygens (including phenoxy) is 5. The van der Waals surface area contributed by atoms with Gasteiger partial charge in [0, 0.05) is 24.9 Å². The van der Waals surface area contributed by atoms with Crippen LogP contribution in [0.2, 0.25) is 0 Å². The van der Waals surface area contributed by atoms with Gasteiger partial charge in [-0.1, -0.05) is 51.1 Å². The lowest BCUT2D eigenvalue weighted by atomic mass is 9.77. The number of likely N-dealkylation sites (N-methyl/N-ethyl adjacent to an activating group) is 2. The average molecular weight is 854 g/mol. The van der Waals surface area contributed by atoms with Crippen LogP contribution in [0.3, 0.4) is 0 Å². The molecule has 17 heteroatoms. The molecule has 2 aliphatic rings. The van der Waals surface area contributed by atoms with Crippen molar-refractivity contribution in [1.29, 1.82) is 0 Å². The van der Waals surface area contributed by atoms with Crippen molar-refractivity contribution in [3.63, 3.8) is 0 Å². The number of carbonyl (C=O) groups excluding carboxylic acids is 3. The van der Waals surface area contributed by atoms with E-state index in [9.17, 15) is 44.7 Å². The molecule has 0 spiro atoms. The van der Waals surface area contributed by atoms with Crippen LogP contribution in [-0.2, 0) is 44.7 Å². The number of carboxylic acid groups (broad SMARTS) is 1. The van der Waals surface area contributed by atoms with E-state index in [1.165, 1.54) is 46.7 Å². The Morgan fingerprint density at radius 2 is 1.68 bits per heavy atom. The normalized spacial score (nSPS) is 35.5. The molecule has 2 fully saturated rings. The number of aliphatic carboxylic acids is 1. The largest absolute Gasteiger partial charge is 0.480 e. The predicted molar refractivity (Wildman–Crippen MR) is 219 cm³/mol. The van der Waals surface area contributed by atoms with Gasteiger partial charge in [0.1, 0.15) is 36.6 Å². The minimum Gasteiger partial charge on any atom is -0.480 e. The number of nitrogens with one attached hydrogen (secondary N) is 1. The molecule has 6 N–H and O–H groups in total. The number of aliphatic hydroxyl groups excluding tert-OH is 2. The standard InChI is InChI=1S/C43H71N3O14/c1-12-33-42(8,55)35(48)29(6)46(11)22-25(2)20-41(7,54)36(27(4)34(47)28(5)38(51)59-33)60-43(21-32(37(49)50)45(9)10,39(52)58-31-19-18-26(3)56-24-31)44-40(53)57-23-30-16-14-13-15-17-30/h13-17,25-29,31-36,47-48,54-55H,12,18-24H2,1-11H3,(H,44,53)(H,49,50)/t25-,26?,27+,28-,29-,31?,32+,33-,34+,35-,36-,41-,42-,43-/m1/s1. The summed E-state index contributed by atoms with van der Waals surface area (Å²) in [4.78, 5) is 58.5. The van der Waals surface area contributed by atoms with Crippen molar-refractivity contribution in [3.8, 4) is 0 Å². The quantitative estimate of drug-likeness (QED) is 0.101. The number of carboxylic acids is 1. The number of benzene rings is 1. The van der Waals surface area contributed by atoms with E-state index in [1.807, 2.05) is 13.8 Å². The Morgan fingerprint density at radius 3 is 2.23 bits per heavy atom. The van der Waals surface area contributed by atoms with E-state index in [2.05, 4.69) is 5.32 Å². The molecule has 0 aromatic heterocycles. The Kier molecular flexibility index (Phi) is 18.3. The molecule has 0 aliphatic carbocycles. The monoisotopic (exact) mass is 853 g/mol. The highest BCUT2D eigenvalue weighted by Gasteiger charge is 2.55. The van der Waals surface area contributed by atoms with Crippen molar-refractivity contribution < 1.29 is 68.4 Å². The molecule has 2 aliphatic heterocycles. The van der Waals surface area contributed by atoms with Crippen LogP contribution < -0.4 is 5.32 Å². The van der Waals surface area contributed by atoms with Crippen LogP contribution in [0.25, 0.3) is 0 Å². The summed E-state index contributed by atoms with van der Waals surface area (Å²) < 4.78 is 29.8. The summed E-state index contributed by atoms with van der Waals surface area (Å²) in [5.74, 6) is -6.44. The molecule has 17 nitrogen and oxygen atoms in total. The Bertz CT molecular complexity index is 1550. The van der Waals surface area contributed by atoms with Gasteiger partial charge in [-0.05, 0) is 92.9 Å². The second kappa shape index (κ2) is 21.6. The number of hydrogen-bond acceptors (Lipinski definition) is 15. The fraction of sp³-hybridized carbons (Fsp3) is 0.767. The van der Waals surface area contributed by atoms with Crippen LogP contribution in [0.15, 0.2) is 30.3 Å². The summed E-state index contributed by atoms with van der Waals surface area (Å²) in [6.07, 6.45) is -7.72. The first kappa shape index (κ1) is 50.9. The Hall–Kier alpha value is -3.42. The van der Waals surface area contributed by atoms with Crippen LogP contribution in [0.1, 0.15) is 93.1 Å². The third-order valence-corrected chi connectivity index (χ3v) is 12.2. The zero-order valence-corrected chi connectivity index (χ0v) is 37.2. The number of nitrogens with zero attached hydrogens (tertiary/aromatic N) is 2. The van der Waals surface area contributed by atoms with Crippen molar-refractivity contribution in [2.75, 3.05) is 34.3 Å². The van der Waals surface area contributed by atoms with Gasteiger partial charge in [0.2, 0.25) is 5.72 Å². The summed E-state index contributed by atoms with van der Waals surface area (Å²) >= 11 is 0. The maximum Gasteiger partial charge on any atom is 0.410 e. The molecule has 14 atom stereocenters. The van der Waals surface area contributed by atoms with Gasteiger partial charge in [0.05, 0.1) is 36.4 Å². The number of amides is 1. The van der Waals surface area contributed by atoms with Crippen molar-refractivity contribution in [2.45, 2.75) is 160 Å². The van der Waals surface area contributed by atoms with Crippen LogP contribution in [-0.4, -0.2) is 159 Å². The molecule has 60 heavy (non-hydrogen) atoms. The third kappa shape index (κ3) is 13.0. The van der Waals surface area contributed by atoms with E-state index in [1.54, 1.807) is 56.1 Å². The second-order valence-corrected chi connectivity index (χ2v) is 17.8. The molecule has 3 rings (SSSR count). The van der Waals surface area contributed by atoms with Crippen molar-refractivity contribution in [1.82, 2.24) is 15.1 Å². The first-order valence-corrected chi connectivity index (χ1v) is 21.0. The molecule has 2 unspecified atom stereocenters. The molecule has 1 aromatic rings. The van der Waals surface area contributed by atoms with Crippen LogP contribution in [0, 0.1) is 17.8 Å². The van der Waals surface area contributed by atoms with Gasteiger partial charge in [-0.25, -0.2) is 9.59 Å².